The Hall–Kier alpha value is -5.36. The normalized spacial score (nSPS) is 14.4. The topological polar surface area (TPSA) is 74.8 Å². The number of nitrogens with zero attached hydrogens (tertiary/aromatic N) is 2. The molecule has 6 heteroatoms. The van der Waals surface area contributed by atoms with Crippen LogP contribution in [-0.4, -0.2) is 23.6 Å². The zero-order valence-electron chi connectivity index (χ0n) is 24.3. The predicted octanol–water partition coefficient (Wildman–Crippen LogP) is 6.56. The van der Waals surface area contributed by atoms with E-state index in [-0.39, 0.29) is 23.6 Å². The molecule has 0 saturated carbocycles. The molecule has 4 aromatic rings. The van der Waals surface area contributed by atoms with Gasteiger partial charge in [-0.1, -0.05) is 72.8 Å². The third-order valence-corrected chi connectivity index (χ3v) is 8.11. The average molecular weight is 581 g/mol. The smallest absolute Gasteiger partial charge is 0.258 e. The summed E-state index contributed by atoms with van der Waals surface area (Å²) in [6, 6.07) is 32.8. The van der Waals surface area contributed by atoms with E-state index in [2.05, 4.69) is 48.5 Å². The minimum Gasteiger partial charge on any atom is -0.269 e. The molecule has 218 valence electrons. The average Bonchev–Trinajstić information content (AvgIpc) is 3.57. The number of anilines is 2. The fourth-order valence-corrected chi connectivity index (χ4v) is 5.65. The second-order valence-electron chi connectivity index (χ2n) is 11.1. The summed E-state index contributed by atoms with van der Waals surface area (Å²) < 4.78 is 0. The van der Waals surface area contributed by atoms with Crippen LogP contribution in [0.2, 0.25) is 0 Å². The summed E-state index contributed by atoms with van der Waals surface area (Å²) in [5, 5.41) is 0. The number of rotatable bonds is 11. The second kappa shape index (κ2) is 12.9. The van der Waals surface area contributed by atoms with E-state index in [1.54, 1.807) is 0 Å². The van der Waals surface area contributed by atoms with Crippen molar-refractivity contribution >= 4 is 35.0 Å². The minimum absolute atomic E-state index is 0.297. The van der Waals surface area contributed by atoms with Crippen LogP contribution in [0.15, 0.2) is 121 Å². The molecule has 2 aliphatic heterocycles. The Balaban J connectivity index is 0.942. The van der Waals surface area contributed by atoms with Crippen molar-refractivity contribution in [3.8, 4) is 11.1 Å². The van der Waals surface area contributed by atoms with Crippen LogP contribution in [0.3, 0.4) is 0 Å². The van der Waals surface area contributed by atoms with Gasteiger partial charge in [0, 0.05) is 24.3 Å². The fourth-order valence-electron chi connectivity index (χ4n) is 5.65. The minimum atomic E-state index is -0.297. The highest BCUT2D eigenvalue weighted by Gasteiger charge is 2.25. The lowest BCUT2D eigenvalue weighted by molar-refractivity contribution is -0.121. The second-order valence-corrected chi connectivity index (χ2v) is 11.1. The van der Waals surface area contributed by atoms with Crippen molar-refractivity contribution < 1.29 is 19.2 Å². The maximum atomic E-state index is 11.9. The fraction of sp³-hybridized carbons (Fsp3) is 0.158. The van der Waals surface area contributed by atoms with Gasteiger partial charge in [0.25, 0.3) is 23.6 Å². The lowest BCUT2D eigenvalue weighted by atomic mass is 9.98. The van der Waals surface area contributed by atoms with E-state index in [1.807, 2.05) is 48.5 Å². The van der Waals surface area contributed by atoms with Gasteiger partial charge in [0.05, 0.1) is 11.4 Å². The molecule has 0 unspecified atom stereocenters. The van der Waals surface area contributed by atoms with Gasteiger partial charge in [0.2, 0.25) is 0 Å². The SMILES string of the molecule is O=C1C=CC(=O)N1c1ccc(CCCc2ccc(-c3ccc(CCCc4ccc(N5C(=O)C=CC5=O)cc4)cc3)cc2)cc1. The highest BCUT2D eigenvalue weighted by molar-refractivity contribution is 6.28. The van der Waals surface area contributed by atoms with Gasteiger partial charge >= 0.3 is 0 Å². The first-order valence-corrected chi connectivity index (χ1v) is 14.9. The van der Waals surface area contributed by atoms with Crippen LogP contribution in [0.1, 0.15) is 35.1 Å². The zero-order valence-corrected chi connectivity index (χ0v) is 24.3. The predicted molar refractivity (Wildman–Crippen MR) is 172 cm³/mol. The first-order chi connectivity index (χ1) is 21.4. The molecule has 4 aromatic carbocycles. The molecule has 6 rings (SSSR count). The van der Waals surface area contributed by atoms with E-state index in [9.17, 15) is 19.2 Å². The third-order valence-electron chi connectivity index (χ3n) is 8.11. The molecule has 0 N–H and O–H groups in total. The Bertz CT molecular complexity index is 1580. The Morgan fingerprint density at radius 2 is 0.591 bits per heavy atom. The van der Waals surface area contributed by atoms with Crippen molar-refractivity contribution in [3.63, 3.8) is 0 Å². The van der Waals surface area contributed by atoms with Crippen molar-refractivity contribution in [2.45, 2.75) is 38.5 Å². The first-order valence-electron chi connectivity index (χ1n) is 14.9. The summed E-state index contributed by atoms with van der Waals surface area (Å²) in [6.45, 7) is 0. The van der Waals surface area contributed by atoms with Crippen LogP contribution >= 0.6 is 0 Å². The van der Waals surface area contributed by atoms with Crippen molar-refractivity contribution in [2.24, 2.45) is 0 Å². The van der Waals surface area contributed by atoms with Crippen LogP contribution in [0.4, 0.5) is 11.4 Å². The molecule has 0 atom stereocenters. The molecule has 2 aliphatic rings. The van der Waals surface area contributed by atoms with E-state index in [0.717, 1.165) is 38.5 Å². The molecule has 44 heavy (non-hydrogen) atoms. The molecule has 0 spiro atoms. The van der Waals surface area contributed by atoms with Crippen molar-refractivity contribution in [1.82, 2.24) is 0 Å². The van der Waals surface area contributed by atoms with Crippen molar-refractivity contribution in [3.05, 3.63) is 144 Å². The number of carbonyl (C=O) groups excluding carboxylic acids is 4. The number of carbonyl (C=O) groups is 4. The number of imide groups is 2. The number of amides is 4. The summed E-state index contributed by atoms with van der Waals surface area (Å²) in [6.07, 6.45) is 11.0. The molecule has 6 nitrogen and oxygen atoms in total. The highest BCUT2D eigenvalue weighted by Crippen LogP contribution is 2.24. The van der Waals surface area contributed by atoms with Gasteiger partial charge in [-0.3, -0.25) is 19.2 Å². The molecule has 0 radical (unpaired) electrons. The molecule has 0 bridgehead atoms. The monoisotopic (exact) mass is 580 g/mol. The Kier molecular flexibility index (Phi) is 8.41. The van der Waals surface area contributed by atoms with Crippen LogP contribution in [0, 0.1) is 0 Å². The van der Waals surface area contributed by atoms with E-state index in [0.29, 0.717) is 11.4 Å². The molecule has 0 saturated heterocycles. The maximum Gasteiger partial charge on any atom is 0.258 e. The molecule has 2 heterocycles. The van der Waals surface area contributed by atoms with Crippen molar-refractivity contribution in [1.29, 1.82) is 0 Å². The number of hydrogen-bond acceptors (Lipinski definition) is 4. The van der Waals surface area contributed by atoms with E-state index >= 15 is 0 Å². The van der Waals surface area contributed by atoms with Crippen LogP contribution in [-0.2, 0) is 44.9 Å². The molecule has 0 fully saturated rings. The Morgan fingerprint density at radius 1 is 0.341 bits per heavy atom. The Morgan fingerprint density at radius 3 is 0.864 bits per heavy atom. The van der Waals surface area contributed by atoms with Gasteiger partial charge in [0.15, 0.2) is 0 Å². The molecule has 0 aliphatic carbocycles. The number of aryl methyl sites for hydroxylation is 4. The molecule has 4 amide bonds. The highest BCUT2D eigenvalue weighted by atomic mass is 16.2. The molecular formula is C38H32N2O4. The lowest BCUT2D eigenvalue weighted by Crippen LogP contribution is -2.29. The number of benzene rings is 4. The third kappa shape index (κ3) is 6.50. The standard InChI is InChI=1S/C38H32N2O4/c41-35-23-24-36(42)39(35)33-19-11-29(12-20-33)5-1-3-27-7-15-31(16-8-27)32-17-9-28(10-18-32)4-2-6-30-13-21-34(22-14-30)40-37(43)25-26-38(40)44/h7-26H,1-6H2. The quantitative estimate of drug-likeness (QED) is 0.188. The van der Waals surface area contributed by atoms with Gasteiger partial charge in [-0.15, -0.1) is 0 Å². The summed E-state index contributed by atoms with van der Waals surface area (Å²) in [7, 11) is 0. The van der Waals surface area contributed by atoms with Crippen LogP contribution < -0.4 is 9.80 Å². The summed E-state index contributed by atoms with van der Waals surface area (Å²) in [5.41, 5.74) is 8.56. The van der Waals surface area contributed by atoms with Gasteiger partial charge in [0.1, 0.15) is 0 Å². The largest absolute Gasteiger partial charge is 0.269 e. The van der Waals surface area contributed by atoms with E-state index < -0.39 is 0 Å². The van der Waals surface area contributed by atoms with Crippen molar-refractivity contribution in [2.75, 3.05) is 9.80 Å². The number of hydrogen-bond donors (Lipinski definition) is 0. The Labute approximate surface area is 256 Å². The zero-order chi connectivity index (χ0) is 30.5. The van der Waals surface area contributed by atoms with Gasteiger partial charge < -0.3 is 0 Å². The van der Waals surface area contributed by atoms with Gasteiger partial charge in [-0.25, -0.2) is 9.80 Å². The van der Waals surface area contributed by atoms with E-state index in [1.165, 1.54) is 67.5 Å². The van der Waals surface area contributed by atoms with Crippen LogP contribution in [0.25, 0.3) is 11.1 Å². The summed E-state index contributed by atoms with van der Waals surface area (Å²) >= 11 is 0. The van der Waals surface area contributed by atoms with E-state index in [4.69, 9.17) is 0 Å². The van der Waals surface area contributed by atoms with Gasteiger partial charge in [-0.05, 0) is 96.2 Å². The van der Waals surface area contributed by atoms with Crippen LogP contribution in [0.5, 0.6) is 0 Å². The summed E-state index contributed by atoms with van der Waals surface area (Å²) in [5.74, 6) is -1.19. The van der Waals surface area contributed by atoms with Gasteiger partial charge in [-0.2, -0.15) is 0 Å². The maximum absolute atomic E-state index is 11.9. The molecular weight excluding hydrogens is 548 g/mol. The lowest BCUT2D eigenvalue weighted by Gasteiger charge is -2.14. The summed E-state index contributed by atoms with van der Waals surface area (Å²) in [4.78, 5) is 49.8. The molecule has 0 aromatic heterocycles. The first kappa shape index (κ1) is 28.7.